The summed E-state index contributed by atoms with van der Waals surface area (Å²) in [4.78, 5) is 19.0. The third kappa shape index (κ3) is 4.63. The smallest absolute Gasteiger partial charge is 0.256 e. The maximum Gasteiger partial charge on any atom is 0.256 e. The summed E-state index contributed by atoms with van der Waals surface area (Å²) >= 11 is 0. The molecule has 5 nitrogen and oxygen atoms in total. The summed E-state index contributed by atoms with van der Waals surface area (Å²) in [6.07, 6.45) is 3.39. The number of carbonyl (C=O) groups excluding carboxylic acids is 1. The third-order valence-corrected chi connectivity index (χ3v) is 4.12. The Morgan fingerprint density at radius 2 is 2.04 bits per heavy atom. The maximum absolute atomic E-state index is 13.0. The van der Waals surface area contributed by atoms with Crippen LogP contribution in [-0.4, -0.2) is 42.5 Å². The SMILES string of the molecule is COc1ccccc1C1CNCCN1C(=O)c1cncc(C)c1.Cl.Cl. The number of nitrogens with one attached hydrogen (secondary N) is 1. The van der Waals surface area contributed by atoms with E-state index in [1.54, 1.807) is 19.5 Å². The summed E-state index contributed by atoms with van der Waals surface area (Å²) in [5.74, 6) is 0.819. The largest absolute Gasteiger partial charge is 0.496 e. The standard InChI is InChI=1S/C18H21N3O2.2ClH/c1-13-9-14(11-20-10-13)18(22)21-8-7-19-12-16(21)15-5-3-4-6-17(15)23-2;;/h3-6,9-11,16,19H,7-8,12H2,1-2H3;2*1H. The minimum atomic E-state index is -0.0482. The molecule has 1 unspecified atom stereocenters. The van der Waals surface area contributed by atoms with E-state index in [2.05, 4.69) is 10.3 Å². The molecule has 1 aromatic carbocycles. The van der Waals surface area contributed by atoms with Gasteiger partial charge < -0.3 is 15.0 Å². The van der Waals surface area contributed by atoms with E-state index in [-0.39, 0.29) is 36.8 Å². The molecule has 1 saturated heterocycles. The Morgan fingerprint density at radius 3 is 2.76 bits per heavy atom. The number of piperazine rings is 1. The highest BCUT2D eigenvalue weighted by Crippen LogP contribution is 2.31. The third-order valence-electron chi connectivity index (χ3n) is 4.12. The van der Waals surface area contributed by atoms with Gasteiger partial charge in [0.15, 0.2) is 0 Å². The number of para-hydroxylation sites is 1. The molecule has 1 aromatic heterocycles. The first kappa shape index (κ1) is 21.2. The average Bonchev–Trinajstić information content (AvgIpc) is 2.61. The van der Waals surface area contributed by atoms with Gasteiger partial charge in [-0.2, -0.15) is 0 Å². The van der Waals surface area contributed by atoms with Crippen molar-refractivity contribution in [3.8, 4) is 5.75 Å². The lowest BCUT2D eigenvalue weighted by atomic mass is 10.0. The van der Waals surface area contributed by atoms with Crippen LogP contribution in [0.15, 0.2) is 42.7 Å². The number of hydrogen-bond donors (Lipinski definition) is 1. The summed E-state index contributed by atoms with van der Waals surface area (Å²) in [7, 11) is 1.66. The number of ether oxygens (including phenoxy) is 1. The van der Waals surface area contributed by atoms with E-state index < -0.39 is 0 Å². The van der Waals surface area contributed by atoms with Gasteiger partial charge in [-0.3, -0.25) is 9.78 Å². The second kappa shape index (κ2) is 9.61. The first-order valence-electron chi connectivity index (χ1n) is 7.77. The number of aryl methyl sites for hydroxylation is 1. The van der Waals surface area contributed by atoms with Crippen molar-refractivity contribution in [1.82, 2.24) is 15.2 Å². The average molecular weight is 384 g/mol. The Balaban J connectivity index is 0.00000156. The number of hydrogen-bond acceptors (Lipinski definition) is 4. The van der Waals surface area contributed by atoms with Crippen LogP contribution in [-0.2, 0) is 0 Å². The number of amides is 1. The number of carbonyl (C=O) groups is 1. The van der Waals surface area contributed by atoms with Crippen LogP contribution >= 0.6 is 24.8 Å². The van der Waals surface area contributed by atoms with Crippen molar-refractivity contribution in [3.05, 3.63) is 59.4 Å². The molecule has 2 heterocycles. The van der Waals surface area contributed by atoms with Crippen LogP contribution in [0.25, 0.3) is 0 Å². The van der Waals surface area contributed by atoms with Gasteiger partial charge in [-0.1, -0.05) is 18.2 Å². The molecule has 7 heteroatoms. The molecule has 1 fully saturated rings. The summed E-state index contributed by atoms with van der Waals surface area (Å²) in [5.41, 5.74) is 2.64. The number of aromatic nitrogens is 1. The van der Waals surface area contributed by atoms with Crippen LogP contribution in [0, 0.1) is 6.92 Å². The molecule has 0 bridgehead atoms. The number of benzene rings is 1. The summed E-state index contributed by atoms with van der Waals surface area (Å²) in [6, 6.07) is 9.70. The zero-order valence-electron chi connectivity index (χ0n) is 14.3. The Labute approximate surface area is 160 Å². The van der Waals surface area contributed by atoms with Crippen molar-refractivity contribution in [2.45, 2.75) is 13.0 Å². The van der Waals surface area contributed by atoms with Crippen LogP contribution in [0.3, 0.4) is 0 Å². The Kier molecular flexibility index (Phi) is 8.16. The number of nitrogens with zero attached hydrogens (tertiary/aromatic N) is 2. The summed E-state index contributed by atoms with van der Waals surface area (Å²) in [5, 5.41) is 3.37. The fourth-order valence-electron chi connectivity index (χ4n) is 3.00. The zero-order chi connectivity index (χ0) is 16.2. The first-order valence-corrected chi connectivity index (χ1v) is 7.77. The molecule has 136 valence electrons. The lowest BCUT2D eigenvalue weighted by Crippen LogP contribution is -2.48. The van der Waals surface area contributed by atoms with Crippen LogP contribution in [0.1, 0.15) is 27.5 Å². The van der Waals surface area contributed by atoms with Gasteiger partial charge in [0.2, 0.25) is 0 Å². The predicted octanol–water partition coefficient (Wildman–Crippen LogP) is 3.03. The van der Waals surface area contributed by atoms with Crippen molar-refractivity contribution in [2.24, 2.45) is 0 Å². The molecule has 25 heavy (non-hydrogen) atoms. The molecule has 0 saturated carbocycles. The molecular formula is C18H23Cl2N3O2. The second-order valence-electron chi connectivity index (χ2n) is 5.71. The highest BCUT2D eigenvalue weighted by atomic mass is 35.5. The molecule has 2 aromatic rings. The van der Waals surface area contributed by atoms with Gasteiger partial charge in [0.05, 0.1) is 18.7 Å². The first-order chi connectivity index (χ1) is 11.2. The van der Waals surface area contributed by atoms with Crippen LogP contribution in [0.5, 0.6) is 5.75 Å². The van der Waals surface area contributed by atoms with Crippen molar-refractivity contribution in [3.63, 3.8) is 0 Å². The lowest BCUT2D eigenvalue weighted by Gasteiger charge is -2.37. The van der Waals surface area contributed by atoms with E-state index >= 15 is 0 Å². The summed E-state index contributed by atoms with van der Waals surface area (Å²) in [6.45, 7) is 4.11. The predicted molar refractivity (Wildman–Crippen MR) is 103 cm³/mol. The van der Waals surface area contributed by atoms with Crippen molar-refractivity contribution >= 4 is 30.7 Å². The van der Waals surface area contributed by atoms with E-state index in [1.807, 2.05) is 42.2 Å². The normalized spacial score (nSPS) is 16.4. The van der Waals surface area contributed by atoms with Crippen molar-refractivity contribution in [2.75, 3.05) is 26.7 Å². The van der Waals surface area contributed by atoms with Gasteiger partial charge in [0, 0.05) is 37.6 Å². The van der Waals surface area contributed by atoms with Crippen LogP contribution in [0.4, 0.5) is 0 Å². The number of methoxy groups -OCH3 is 1. The van der Waals surface area contributed by atoms with Gasteiger partial charge in [-0.05, 0) is 24.6 Å². The Hall–Kier alpha value is -1.82. The van der Waals surface area contributed by atoms with Gasteiger partial charge in [-0.15, -0.1) is 24.8 Å². The van der Waals surface area contributed by atoms with Crippen molar-refractivity contribution in [1.29, 1.82) is 0 Å². The summed E-state index contributed by atoms with van der Waals surface area (Å²) < 4.78 is 5.47. The van der Waals surface area contributed by atoms with E-state index in [1.165, 1.54) is 0 Å². The molecule has 1 aliphatic rings. The highest BCUT2D eigenvalue weighted by molar-refractivity contribution is 5.94. The van der Waals surface area contributed by atoms with E-state index in [9.17, 15) is 4.79 Å². The van der Waals surface area contributed by atoms with E-state index in [0.29, 0.717) is 18.7 Å². The van der Waals surface area contributed by atoms with Gasteiger partial charge in [0.25, 0.3) is 5.91 Å². The topological polar surface area (TPSA) is 54.5 Å². The number of rotatable bonds is 3. The van der Waals surface area contributed by atoms with Gasteiger partial charge in [0.1, 0.15) is 5.75 Å². The van der Waals surface area contributed by atoms with Crippen molar-refractivity contribution < 1.29 is 9.53 Å². The van der Waals surface area contributed by atoms with Crippen LogP contribution in [0.2, 0.25) is 0 Å². The zero-order valence-corrected chi connectivity index (χ0v) is 15.9. The fourth-order valence-corrected chi connectivity index (χ4v) is 3.00. The fraction of sp³-hybridized carbons (Fsp3) is 0.333. The maximum atomic E-state index is 13.0. The van der Waals surface area contributed by atoms with E-state index in [0.717, 1.165) is 23.4 Å². The lowest BCUT2D eigenvalue weighted by molar-refractivity contribution is 0.0631. The number of pyridine rings is 1. The molecule has 1 atom stereocenters. The molecule has 0 aliphatic carbocycles. The molecular weight excluding hydrogens is 361 g/mol. The molecule has 1 aliphatic heterocycles. The van der Waals surface area contributed by atoms with Gasteiger partial charge in [-0.25, -0.2) is 0 Å². The highest BCUT2D eigenvalue weighted by Gasteiger charge is 2.30. The monoisotopic (exact) mass is 383 g/mol. The Bertz CT molecular complexity index is 712. The quantitative estimate of drug-likeness (QED) is 0.884. The van der Waals surface area contributed by atoms with E-state index in [4.69, 9.17) is 4.74 Å². The minimum absolute atomic E-state index is 0. The minimum Gasteiger partial charge on any atom is -0.496 e. The van der Waals surface area contributed by atoms with Crippen LogP contribution < -0.4 is 10.1 Å². The second-order valence-corrected chi connectivity index (χ2v) is 5.71. The molecule has 1 amide bonds. The number of halogens is 2. The molecule has 0 spiro atoms. The Morgan fingerprint density at radius 1 is 1.28 bits per heavy atom. The molecule has 1 N–H and O–H groups in total. The molecule has 3 rings (SSSR count). The molecule has 0 radical (unpaired) electrons. The van der Waals surface area contributed by atoms with Gasteiger partial charge >= 0.3 is 0 Å².